The van der Waals surface area contributed by atoms with Gasteiger partial charge in [-0.1, -0.05) is 6.07 Å². The van der Waals surface area contributed by atoms with E-state index in [2.05, 4.69) is 5.32 Å². The first kappa shape index (κ1) is 13.4. The van der Waals surface area contributed by atoms with Gasteiger partial charge in [0.2, 0.25) is 0 Å². The molecule has 6 heteroatoms. The van der Waals surface area contributed by atoms with E-state index in [1.807, 2.05) is 0 Å². The third-order valence-corrected chi connectivity index (χ3v) is 2.61. The lowest BCUT2D eigenvalue weighted by atomic mass is 10.1. The van der Waals surface area contributed by atoms with Crippen molar-refractivity contribution in [1.82, 2.24) is 0 Å². The van der Waals surface area contributed by atoms with Crippen molar-refractivity contribution >= 4 is 11.6 Å². The Balaban J connectivity index is 2.33. The third-order valence-electron chi connectivity index (χ3n) is 2.61. The Kier molecular flexibility index (Phi) is 3.53. The lowest BCUT2D eigenvalue weighted by Gasteiger charge is -2.09. The summed E-state index contributed by atoms with van der Waals surface area (Å²) < 4.78 is 13.0. The Hall–Kier alpha value is -3.07. The van der Waals surface area contributed by atoms with Gasteiger partial charge in [0.05, 0.1) is 16.8 Å². The number of hydrogen-bond donors (Lipinski definition) is 3. The van der Waals surface area contributed by atoms with E-state index < -0.39 is 23.2 Å². The number of carbonyl (C=O) groups excluding carboxylic acids is 1. The Morgan fingerprint density at radius 1 is 1.25 bits per heavy atom. The number of nitrogens with one attached hydrogen (secondary N) is 1. The van der Waals surface area contributed by atoms with Gasteiger partial charge < -0.3 is 15.5 Å². The molecule has 0 aliphatic heterocycles. The summed E-state index contributed by atoms with van der Waals surface area (Å²) in [7, 11) is 0. The molecule has 20 heavy (non-hydrogen) atoms. The molecule has 0 spiro atoms. The molecule has 0 saturated carbocycles. The summed E-state index contributed by atoms with van der Waals surface area (Å²) in [4.78, 5) is 12.0. The van der Waals surface area contributed by atoms with Crippen LogP contribution in [-0.4, -0.2) is 16.1 Å². The summed E-state index contributed by atoms with van der Waals surface area (Å²) in [5.41, 5.74) is -0.0853. The average Bonchev–Trinajstić information content (AvgIpc) is 2.43. The molecule has 3 N–H and O–H groups in total. The maximum Gasteiger partial charge on any atom is 0.259 e. The van der Waals surface area contributed by atoms with Crippen LogP contribution in [0.4, 0.5) is 10.1 Å². The summed E-state index contributed by atoms with van der Waals surface area (Å²) in [6, 6.07) is 9.00. The molecule has 0 unspecified atom stereocenters. The van der Waals surface area contributed by atoms with Crippen LogP contribution in [0.1, 0.15) is 15.9 Å². The van der Waals surface area contributed by atoms with Crippen molar-refractivity contribution in [2.45, 2.75) is 0 Å². The van der Waals surface area contributed by atoms with Crippen molar-refractivity contribution in [3.63, 3.8) is 0 Å². The highest BCUT2D eigenvalue weighted by Gasteiger charge is 2.15. The third kappa shape index (κ3) is 2.52. The number of carbonyl (C=O) groups is 1. The van der Waals surface area contributed by atoms with Gasteiger partial charge in [-0.3, -0.25) is 4.79 Å². The number of nitriles is 1. The van der Waals surface area contributed by atoms with Gasteiger partial charge in [-0.2, -0.15) is 5.26 Å². The molecule has 0 radical (unpaired) electrons. The van der Waals surface area contributed by atoms with Crippen LogP contribution in [0.5, 0.6) is 11.5 Å². The van der Waals surface area contributed by atoms with E-state index in [1.54, 1.807) is 6.07 Å². The van der Waals surface area contributed by atoms with Crippen LogP contribution in [0.15, 0.2) is 36.4 Å². The molecule has 0 aromatic heterocycles. The molecule has 0 atom stereocenters. The van der Waals surface area contributed by atoms with Crippen LogP contribution in [-0.2, 0) is 0 Å². The summed E-state index contributed by atoms with van der Waals surface area (Å²) in [6.45, 7) is 0. The zero-order valence-corrected chi connectivity index (χ0v) is 10.1. The largest absolute Gasteiger partial charge is 0.504 e. The number of aromatic hydroxyl groups is 2. The number of hydrogen-bond acceptors (Lipinski definition) is 4. The highest BCUT2D eigenvalue weighted by Crippen LogP contribution is 2.29. The van der Waals surface area contributed by atoms with Crippen molar-refractivity contribution < 1.29 is 19.4 Å². The fourth-order valence-electron chi connectivity index (χ4n) is 1.62. The van der Waals surface area contributed by atoms with E-state index in [-0.39, 0.29) is 16.8 Å². The van der Waals surface area contributed by atoms with Crippen molar-refractivity contribution in [3.8, 4) is 17.6 Å². The summed E-state index contributed by atoms with van der Waals surface area (Å²) in [5.74, 6) is -2.32. The molecule has 2 aromatic carbocycles. The smallest absolute Gasteiger partial charge is 0.259 e. The molecule has 0 aliphatic carbocycles. The van der Waals surface area contributed by atoms with Crippen LogP contribution in [0, 0.1) is 17.1 Å². The molecule has 0 saturated heterocycles. The zero-order chi connectivity index (χ0) is 14.7. The molecule has 0 aliphatic rings. The van der Waals surface area contributed by atoms with Crippen molar-refractivity contribution in [2.24, 2.45) is 0 Å². The lowest BCUT2D eigenvalue weighted by Crippen LogP contribution is -2.13. The minimum Gasteiger partial charge on any atom is -0.504 e. The predicted octanol–water partition coefficient (Wildman–Crippen LogP) is 2.36. The summed E-state index contributed by atoms with van der Waals surface area (Å²) in [5, 5.41) is 30.1. The first-order valence-corrected chi connectivity index (χ1v) is 5.55. The van der Waals surface area contributed by atoms with Gasteiger partial charge in [-0.15, -0.1) is 0 Å². The van der Waals surface area contributed by atoms with E-state index in [1.165, 1.54) is 24.3 Å². The Morgan fingerprint density at radius 3 is 2.70 bits per heavy atom. The second-order valence-corrected chi connectivity index (χ2v) is 3.93. The Bertz CT molecular complexity index is 723. The Morgan fingerprint density at radius 2 is 2.00 bits per heavy atom. The molecule has 2 aromatic rings. The number of amides is 1. The van der Waals surface area contributed by atoms with Gasteiger partial charge in [-0.05, 0) is 30.3 Å². The first-order chi connectivity index (χ1) is 9.52. The van der Waals surface area contributed by atoms with E-state index in [4.69, 9.17) is 5.26 Å². The monoisotopic (exact) mass is 272 g/mol. The molecule has 1 amide bonds. The fraction of sp³-hybridized carbons (Fsp3) is 0. The van der Waals surface area contributed by atoms with Crippen LogP contribution in [0.2, 0.25) is 0 Å². The van der Waals surface area contributed by atoms with Gasteiger partial charge in [0.15, 0.2) is 11.5 Å². The van der Waals surface area contributed by atoms with Crippen LogP contribution in [0.3, 0.4) is 0 Å². The van der Waals surface area contributed by atoms with Crippen LogP contribution < -0.4 is 5.32 Å². The SMILES string of the molecule is N#Cc1cc(F)ccc1NC(=O)c1cccc(O)c1O. The lowest BCUT2D eigenvalue weighted by molar-refractivity contribution is 0.102. The second-order valence-electron chi connectivity index (χ2n) is 3.93. The number of nitrogens with zero attached hydrogens (tertiary/aromatic N) is 1. The van der Waals surface area contributed by atoms with Crippen molar-refractivity contribution in [2.75, 3.05) is 5.32 Å². The van der Waals surface area contributed by atoms with Gasteiger partial charge in [0.1, 0.15) is 11.9 Å². The number of halogens is 1. The maximum atomic E-state index is 13.0. The predicted molar refractivity (Wildman–Crippen MR) is 68.8 cm³/mol. The molecule has 0 heterocycles. The highest BCUT2D eigenvalue weighted by molar-refractivity contribution is 6.07. The van der Waals surface area contributed by atoms with E-state index in [9.17, 15) is 19.4 Å². The van der Waals surface area contributed by atoms with Crippen molar-refractivity contribution in [3.05, 3.63) is 53.3 Å². The van der Waals surface area contributed by atoms with Crippen molar-refractivity contribution in [1.29, 1.82) is 5.26 Å². The second kappa shape index (κ2) is 5.28. The minimum atomic E-state index is -0.721. The van der Waals surface area contributed by atoms with Crippen LogP contribution >= 0.6 is 0 Å². The fourth-order valence-corrected chi connectivity index (χ4v) is 1.62. The van der Waals surface area contributed by atoms with Crippen LogP contribution in [0.25, 0.3) is 0 Å². The first-order valence-electron chi connectivity index (χ1n) is 5.55. The topological polar surface area (TPSA) is 93.4 Å². The number of para-hydroxylation sites is 1. The van der Waals surface area contributed by atoms with E-state index in [0.29, 0.717) is 0 Å². The van der Waals surface area contributed by atoms with Gasteiger partial charge in [0, 0.05) is 0 Å². The molecule has 0 fully saturated rings. The standard InChI is InChI=1S/C14H9FN2O3/c15-9-4-5-11(8(6-9)7-16)17-14(20)10-2-1-3-12(18)13(10)19/h1-6,18-19H,(H,17,20). The Labute approximate surface area is 113 Å². The molecular weight excluding hydrogens is 263 g/mol. The molecular formula is C14H9FN2O3. The maximum absolute atomic E-state index is 13.0. The number of phenolic OH excluding ortho intramolecular Hbond substituents is 2. The van der Waals surface area contributed by atoms with Gasteiger partial charge in [0.25, 0.3) is 5.91 Å². The summed E-state index contributed by atoms with van der Waals surface area (Å²) >= 11 is 0. The molecule has 100 valence electrons. The average molecular weight is 272 g/mol. The summed E-state index contributed by atoms with van der Waals surface area (Å²) in [6.07, 6.45) is 0. The number of benzene rings is 2. The minimum absolute atomic E-state index is 0.0435. The highest BCUT2D eigenvalue weighted by atomic mass is 19.1. The van der Waals surface area contributed by atoms with Gasteiger partial charge in [-0.25, -0.2) is 4.39 Å². The number of rotatable bonds is 2. The van der Waals surface area contributed by atoms with E-state index >= 15 is 0 Å². The number of anilines is 1. The number of phenols is 2. The molecule has 2 rings (SSSR count). The van der Waals surface area contributed by atoms with E-state index in [0.717, 1.165) is 12.1 Å². The molecule has 0 bridgehead atoms. The quantitative estimate of drug-likeness (QED) is 0.731. The zero-order valence-electron chi connectivity index (χ0n) is 10.1. The normalized spacial score (nSPS) is 9.80. The van der Waals surface area contributed by atoms with Gasteiger partial charge >= 0.3 is 0 Å². The molecule has 5 nitrogen and oxygen atoms in total.